The molecule has 0 amide bonds. The maximum absolute atomic E-state index is 4.30. The molecule has 1 heterocycles. The van der Waals surface area contributed by atoms with Crippen LogP contribution >= 0.6 is 0 Å². The molecule has 0 saturated heterocycles. The monoisotopic (exact) mass is 258 g/mol. The molecule has 2 rings (SSSR count). The highest BCUT2D eigenvalue weighted by Gasteiger charge is 2.08. The van der Waals surface area contributed by atoms with Crippen molar-refractivity contribution < 1.29 is 0 Å². The Balaban J connectivity index is 1.85. The highest BCUT2D eigenvalue weighted by Crippen LogP contribution is 2.13. The van der Waals surface area contributed by atoms with E-state index in [1.807, 2.05) is 4.68 Å². The van der Waals surface area contributed by atoms with E-state index in [0.717, 1.165) is 18.9 Å². The van der Waals surface area contributed by atoms with E-state index in [2.05, 4.69) is 66.5 Å². The molecule has 1 aromatic carbocycles. The minimum absolute atomic E-state index is 0.353. The summed E-state index contributed by atoms with van der Waals surface area (Å²) < 4.78 is 1.96. The summed E-state index contributed by atoms with van der Waals surface area (Å²) in [6.07, 6.45) is 1.62. The molecular weight excluding hydrogens is 236 g/mol. The number of rotatable bonds is 6. The van der Waals surface area contributed by atoms with E-state index < -0.39 is 0 Å². The fraction of sp³-hybridized carbons (Fsp3) is 0.467. The van der Waals surface area contributed by atoms with Crippen LogP contribution in [0.15, 0.2) is 36.7 Å². The molecule has 0 aliphatic carbocycles. The largest absolute Gasteiger partial charge is 0.309 e. The predicted molar refractivity (Wildman–Crippen MR) is 77.0 cm³/mol. The van der Waals surface area contributed by atoms with Crippen LogP contribution in [-0.4, -0.2) is 21.3 Å². The zero-order chi connectivity index (χ0) is 13.7. The van der Waals surface area contributed by atoms with Gasteiger partial charge in [-0.25, -0.2) is 9.67 Å². The number of nitrogens with zero attached hydrogens (tertiary/aromatic N) is 3. The Morgan fingerprint density at radius 2 is 1.89 bits per heavy atom. The summed E-state index contributed by atoms with van der Waals surface area (Å²) >= 11 is 0. The lowest BCUT2D eigenvalue weighted by molar-refractivity contribution is 0.485. The second kappa shape index (κ2) is 6.48. The molecule has 0 bridgehead atoms. The van der Waals surface area contributed by atoms with Crippen molar-refractivity contribution in [3.05, 3.63) is 48.0 Å². The third-order valence-corrected chi connectivity index (χ3v) is 3.24. The quantitative estimate of drug-likeness (QED) is 0.866. The van der Waals surface area contributed by atoms with Gasteiger partial charge in [-0.2, -0.15) is 5.10 Å². The lowest BCUT2D eigenvalue weighted by Crippen LogP contribution is -2.22. The minimum Gasteiger partial charge on any atom is -0.309 e. The van der Waals surface area contributed by atoms with E-state index in [1.165, 1.54) is 5.56 Å². The molecule has 4 heteroatoms. The Hall–Kier alpha value is -1.68. The molecule has 4 nitrogen and oxygen atoms in total. The molecule has 0 aliphatic heterocycles. The lowest BCUT2D eigenvalue weighted by atomic mass is 10.0. The van der Waals surface area contributed by atoms with Crippen molar-refractivity contribution in [1.29, 1.82) is 0 Å². The molecule has 19 heavy (non-hydrogen) atoms. The van der Waals surface area contributed by atoms with Crippen LogP contribution in [0.2, 0.25) is 0 Å². The average molecular weight is 258 g/mol. The van der Waals surface area contributed by atoms with Crippen molar-refractivity contribution in [1.82, 2.24) is 20.1 Å². The number of hydrogen-bond donors (Lipinski definition) is 1. The summed E-state index contributed by atoms with van der Waals surface area (Å²) in [5, 5.41) is 7.70. The Labute approximate surface area is 114 Å². The van der Waals surface area contributed by atoms with Gasteiger partial charge in [0, 0.05) is 12.6 Å². The summed E-state index contributed by atoms with van der Waals surface area (Å²) in [4.78, 5) is 4.30. The van der Waals surface area contributed by atoms with Crippen LogP contribution in [-0.2, 0) is 6.54 Å². The second-order valence-electron chi connectivity index (χ2n) is 5.16. The summed E-state index contributed by atoms with van der Waals surface area (Å²) in [6.45, 7) is 8.16. The fourth-order valence-corrected chi connectivity index (χ4v) is 2.13. The molecule has 0 spiro atoms. The second-order valence-corrected chi connectivity index (χ2v) is 5.16. The van der Waals surface area contributed by atoms with Gasteiger partial charge < -0.3 is 5.32 Å². The summed E-state index contributed by atoms with van der Waals surface area (Å²) in [6, 6.07) is 10.9. The van der Waals surface area contributed by atoms with Crippen LogP contribution < -0.4 is 5.32 Å². The molecule has 0 aliphatic rings. The standard InChI is InChI=1S/C15H22N4/c1-12(2)19-15(17-11-18-19)10-16-9-13(3)14-7-5-4-6-8-14/h4-8,11-13,16H,9-10H2,1-3H3. The van der Waals surface area contributed by atoms with Crippen molar-refractivity contribution in [2.45, 2.75) is 39.3 Å². The molecule has 0 fully saturated rings. The van der Waals surface area contributed by atoms with Gasteiger partial charge in [0.2, 0.25) is 0 Å². The third-order valence-electron chi connectivity index (χ3n) is 3.24. The molecule has 1 aromatic heterocycles. The topological polar surface area (TPSA) is 42.7 Å². The van der Waals surface area contributed by atoms with Gasteiger partial charge in [0.15, 0.2) is 0 Å². The first-order chi connectivity index (χ1) is 9.18. The van der Waals surface area contributed by atoms with E-state index in [1.54, 1.807) is 6.33 Å². The van der Waals surface area contributed by atoms with Crippen LogP contribution in [0.1, 0.15) is 44.1 Å². The number of benzene rings is 1. The first-order valence-electron chi connectivity index (χ1n) is 6.82. The van der Waals surface area contributed by atoms with Crippen LogP contribution in [0.25, 0.3) is 0 Å². The molecule has 102 valence electrons. The first-order valence-corrected chi connectivity index (χ1v) is 6.82. The van der Waals surface area contributed by atoms with Gasteiger partial charge in [0.05, 0.1) is 6.54 Å². The van der Waals surface area contributed by atoms with E-state index in [-0.39, 0.29) is 0 Å². The Kier molecular flexibility index (Phi) is 4.68. The van der Waals surface area contributed by atoms with Gasteiger partial charge in [-0.3, -0.25) is 0 Å². The van der Waals surface area contributed by atoms with E-state index in [9.17, 15) is 0 Å². The highest BCUT2D eigenvalue weighted by molar-refractivity contribution is 5.18. The minimum atomic E-state index is 0.353. The number of hydrogen-bond acceptors (Lipinski definition) is 3. The van der Waals surface area contributed by atoms with Crippen LogP contribution in [0.5, 0.6) is 0 Å². The van der Waals surface area contributed by atoms with Gasteiger partial charge in [-0.05, 0) is 25.3 Å². The van der Waals surface area contributed by atoms with Gasteiger partial charge in [0.25, 0.3) is 0 Å². The lowest BCUT2D eigenvalue weighted by Gasteiger charge is -2.14. The van der Waals surface area contributed by atoms with Crippen molar-refractivity contribution in [2.75, 3.05) is 6.54 Å². The summed E-state index contributed by atoms with van der Waals surface area (Å²) in [5.41, 5.74) is 1.36. The Bertz CT molecular complexity index is 490. The van der Waals surface area contributed by atoms with Crippen molar-refractivity contribution in [3.63, 3.8) is 0 Å². The van der Waals surface area contributed by atoms with Gasteiger partial charge in [0.1, 0.15) is 12.2 Å². The van der Waals surface area contributed by atoms with Crippen LogP contribution in [0.4, 0.5) is 0 Å². The maximum atomic E-state index is 4.30. The molecule has 1 unspecified atom stereocenters. The van der Waals surface area contributed by atoms with Gasteiger partial charge in [-0.15, -0.1) is 0 Å². The molecule has 0 radical (unpaired) electrons. The van der Waals surface area contributed by atoms with E-state index in [4.69, 9.17) is 0 Å². The Morgan fingerprint density at radius 3 is 2.58 bits per heavy atom. The summed E-state index contributed by atoms with van der Waals surface area (Å²) in [5.74, 6) is 1.49. The SMILES string of the molecule is CC(CNCc1ncnn1C(C)C)c1ccccc1. The van der Waals surface area contributed by atoms with Crippen molar-refractivity contribution in [2.24, 2.45) is 0 Å². The van der Waals surface area contributed by atoms with Crippen LogP contribution in [0, 0.1) is 0 Å². The van der Waals surface area contributed by atoms with Gasteiger partial charge in [-0.1, -0.05) is 37.3 Å². The smallest absolute Gasteiger partial charge is 0.141 e. The predicted octanol–water partition coefficient (Wildman–Crippen LogP) is 2.75. The van der Waals surface area contributed by atoms with Crippen LogP contribution in [0.3, 0.4) is 0 Å². The van der Waals surface area contributed by atoms with E-state index >= 15 is 0 Å². The van der Waals surface area contributed by atoms with Crippen molar-refractivity contribution >= 4 is 0 Å². The Morgan fingerprint density at radius 1 is 1.16 bits per heavy atom. The molecule has 2 aromatic rings. The molecule has 1 atom stereocenters. The molecule has 0 saturated carbocycles. The normalized spacial score (nSPS) is 12.8. The molecule has 1 N–H and O–H groups in total. The number of nitrogens with one attached hydrogen (secondary N) is 1. The van der Waals surface area contributed by atoms with Crippen molar-refractivity contribution in [3.8, 4) is 0 Å². The zero-order valence-electron chi connectivity index (χ0n) is 11.9. The summed E-state index contributed by atoms with van der Waals surface area (Å²) in [7, 11) is 0. The zero-order valence-corrected chi connectivity index (χ0v) is 11.9. The fourth-order valence-electron chi connectivity index (χ4n) is 2.13. The van der Waals surface area contributed by atoms with E-state index in [0.29, 0.717) is 12.0 Å². The maximum Gasteiger partial charge on any atom is 0.141 e. The molecular formula is C15H22N4. The first kappa shape index (κ1) is 13.7. The average Bonchev–Trinajstić information content (AvgIpc) is 2.88. The third kappa shape index (κ3) is 3.64. The van der Waals surface area contributed by atoms with Gasteiger partial charge >= 0.3 is 0 Å². The number of aromatic nitrogens is 3. The highest BCUT2D eigenvalue weighted by atomic mass is 15.3.